The van der Waals surface area contributed by atoms with Gasteiger partial charge in [0, 0.05) is 25.2 Å². The lowest BCUT2D eigenvalue weighted by molar-refractivity contribution is -0.384. The Morgan fingerprint density at radius 2 is 2.17 bits per heavy atom. The van der Waals surface area contributed by atoms with Crippen molar-refractivity contribution in [2.75, 3.05) is 19.7 Å². The van der Waals surface area contributed by atoms with Gasteiger partial charge in [-0.25, -0.2) is 0 Å². The van der Waals surface area contributed by atoms with E-state index >= 15 is 0 Å². The maximum Gasteiger partial charge on any atom is 0.270 e. The quantitative estimate of drug-likeness (QED) is 0.612. The van der Waals surface area contributed by atoms with Crippen LogP contribution in [-0.2, 0) is 6.54 Å². The monoisotopic (exact) mass is 272 g/mol. The van der Waals surface area contributed by atoms with E-state index in [1.54, 1.807) is 6.07 Å². The van der Waals surface area contributed by atoms with Gasteiger partial charge in [-0.05, 0) is 24.6 Å². The van der Waals surface area contributed by atoms with Crippen molar-refractivity contribution in [2.24, 2.45) is 0 Å². The van der Waals surface area contributed by atoms with E-state index in [2.05, 4.69) is 11.8 Å². The van der Waals surface area contributed by atoms with Gasteiger partial charge >= 0.3 is 0 Å². The van der Waals surface area contributed by atoms with Crippen molar-refractivity contribution in [3.8, 4) is 0 Å². The molecule has 0 aliphatic heterocycles. The molecule has 1 aromatic carbocycles. The third-order valence-electron chi connectivity index (χ3n) is 2.60. The van der Waals surface area contributed by atoms with Gasteiger partial charge in [0.15, 0.2) is 0 Å². The Morgan fingerprint density at radius 1 is 1.44 bits per heavy atom. The normalized spacial score (nSPS) is 10.9. The lowest BCUT2D eigenvalue weighted by Gasteiger charge is -2.21. The average Bonchev–Trinajstić information content (AvgIpc) is 2.32. The molecule has 100 valence electrons. The second-order valence-corrected chi connectivity index (χ2v) is 4.44. The van der Waals surface area contributed by atoms with Crippen LogP contribution >= 0.6 is 11.6 Å². The molecule has 1 rings (SSSR count). The molecule has 6 heteroatoms. The summed E-state index contributed by atoms with van der Waals surface area (Å²) >= 11 is 6.02. The van der Waals surface area contributed by atoms with Gasteiger partial charge in [0.05, 0.1) is 16.6 Å². The van der Waals surface area contributed by atoms with E-state index in [0.29, 0.717) is 18.1 Å². The molecule has 0 atom stereocenters. The van der Waals surface area contributed by atoms with E-state index in [9.17, 15) is 10.1 Å². The Kier molecular flexibility index (Phi) is 6.04. The molecule has 0 unspecified atom stereocenters. The highest BCUT2D eigenvalue weighted by Gasteiger charge is 2.12. The fraction of sp³-hybridized carbons (Fsp3) is 0.500. The number of aliphatic hydroxyl groups excluding tert-OH is 1. The topological polar surface area (TPSA) is 66.6 Å². The van der Waals surface area contributed by atoms with Crippen LogP contribution in [0.2, 0.25) is 5.02 Å². The summed E-state index contributed by atoms with van der Waals surface area (Å²) in [6, 6.07) is 4.48. The number of non-ortho nitro benzene ring substituents is 1. The van der Waals surface area contributed by atoms with Crippen LogP contribution in [0.25, 0.3) is 0 Å². The van der Waals surface area contributed by atoms with Crippen molar-refractivity contribution in [3.63, 3.8) is 0 Å². The highest BCUT2D eigenvalue weighted by Crippen LogP contribution is 2.23. The molecule has 0 aliphatic rings. The van der Waals surface area contributed by atoms with Crippen LogP contribution in [0, 0.1) is 10.1 Å². The first-order chi connectivity index (χ1) is 8.58. The number of benzene rings is 1. The highest BCUT2D eigenvalue weighted by molar-refractivity contribution is 6.31. The van der Waals surface area contributed by atoms with Crippen LogP contribution in [0.3, 0.4) is 0 Å². The summed E-state index contributed by atoms with van der Waals surface area (Å²) in [5.41, 5.74) is 0.831. The van der Waals surface area contributed by atoms with Crippen molar-refractivity contribution in [2.45, 2.75) is 19.9 Å². The number of aliphatic hydroxyl groups is 1. The molecule has 0 saturated heterocycles. The molecule has 5 nitrogen and oxygen atoms in total. The first kappa shape index (κ1) is 14.9. The fourth-order valence-electron chi connectivity index (χ4n) is 1.75. The fourth-order valence-corrected chi connectivity index (χ4v) is 1.98. The Hall–Kier alpha value is -1.17. The van der Waals surface area contributed by atoms with Gasteiger partial charge in [-0.1, -0.05) is 18.5 Å². The van der Waals surface area contributed by atoms with Crippen LogP contribution in [0.4, 0.5) is 5.69 Å². The molecule has 0 saturated carbocycles. The molecule has 0 bridgehead atoms. The van der Waals surface area contributed by atoms with Crippen LogP contribution in [0.5, 0.6) is 0 Å². The second kappa shape index (κ2) is 7.31. The van der Waals surface area contributed by atoms with E-state index in [4.69, 9.17) is 16.7 Å². The maximum atomic E-state index is 10.6. The van der Waals surface area contributed by atoms with Gasteiger partial charge < -0.3 is 5.11 Å². The van der Waals surface area contributed by atoms with Gasteiger partial charge in [0.2, 0.25) is 0 Å². The van der Waals surface area contributed by atoms with E-state index in [1.807, 2.05) is 0 Å². The Labute approximate surface area is 111 Å². The molecule has 0 aromatic heterocycles. The first-order valence-corrected chi connectivity index (χ1v) is 6.22. The number of hydrogen-bond acceptors (Lipinski definition) is 4. The first-order valence-electron chi connectivity index (χ1n) is 5.84. The number of nitro groups is 1. The summed E-state index contributed by atoms with van der Waals surface area (Å²) in [4.78, 5) is 12.2. The predicted octanol–water partition coefficient (Wildman–Crippen LogP) is 2.45. The summed E-state index contributed by atoms with van der Waals surface area (Å²) in [5, 5.41) is 20.0. The second-order valence-electron chi connectivity index (χ2n) is 4.03. The molecule has 0 aliphatic carbocycles. The van der Waals surface area contributed by atoms with Crippen molar-refractivity contribution in [1.82, 2.24) is 4.90 Å². The summed E-state index contributed by atoms with van der Waals surface area (Å²) in [6.07, 6.45) is 0.977. The summed E-state index contributed by atoms with van der Waals surface area (Å²) in [7, 11) is 0. The summed E-state index contributed by atoms with van der Waals surface area (Å²) < 4.78 is 0. The zero-order chi connectivity index (χ0) is 13.5. The maximum absolute atomic E-state index is 10.6. The molecular weight excluding hydrogens is 256 g/mol. The molecular formula is C12H17ClN2O3. The van der Waals surface area contributed by atoms with Gasteiger partial charge in [0.1, 0.15) is 0 Å². The molecule has 1 aromatic rings. The zero-order valence-corrected chi connectivity index (χ0v) is 11.1. The summed E-state index contributed by atoms with van der Waals surface area (Å²) in [5.74, 6) is 0. The standard InChI is InChI=1S/C12H17ClN2O3/c1-2-5-14(6-7-16)9-10-3-4-11(15(17)18)8-12(10)13/h3-4,8,16H,2,5-7,9H2,1H3. The number of halogens is 1. The molecule has 0 amide bonds. The van der Waals surface area contributed by atoms with Gasteiger partial charge in [-0.3, -0.25) is 15.0 Å². The van der Waals surface area contributed by atoms with Crippen molar-refractivity contribution in [3.05, 3.63) is 38.9 Å². The molecule has 18 heavy (non-hydrogen) atoms. The molecule has 0 fully saturated rings. The Balaban J connectivity index is 2.79. The lowest BCUT2D eigenvalue weighted by Crippen LogP contribution is -2.27. The summed E-state index contributed by atoms with van der Waals surface area (Å²) in [6.45, 7) is 4.16. The highest BCUT2D eigenvalue weighted by atomic mass is 35.5. The van der Waals surface area contributed by atoms with Crippen LogP contribution in [-0.4, -0.2) is 34.6 Å². The Bertz CT molecular complexity index is 406. The van der Waals surface area contributed by atoms with Gasteiger partial charge in [0.25, 0.3) is 5.69 Å². The molecule has 0 radical (unpaired) electrons. The van der Waals surface area contributed by atoms with E-state index < -0.39 is 4.92 Å². The van der Waals surface area contributed by atoms with Crippen LogP contribution < -0.4 is 0 Å². The van der Waals surface area contributed by atoms with E-state index in [-0.39, 0.29) is 12.3 Å². The number of hydrogen-bond donors (Lipinski definition) is 1. The lowest BCUT2D eigenvalue weighted by atomic mass is 10.2. The van der Waals surface area contributed by atoms with Gasteiger partial charge in [-0.15, -0.1) is 0 Å². The minimum Gasteiger partial charge on any atom is -0.395 e. The third kappa shape index (κ3) is 4.25. The van der Waals surface area contributed by atoms with E-state index in [0.717, 1.165) is 18.5 Å². The van der Waals surface area contributed by atoms with Crippen molar-refractivity contribution in [1.29, 1.82) is 0 Å². The van der Waals surface area contributed by atoms with E-state index in [1.165, 1.54) is 12.1 Å². The minimum atomic E-state index is -0.465. The number of nitrogens with zero attached hydrogens (tertiary/aromatic N) is 2. The molecule has 0 heterocycles. The van der Waals surface area contributed by atoms with Gasteiger partial charge in [-0.2, -0.15) is 0 Å². The Morgan fingerprint density at radius 3 is 2.67 bits per heavy atom. The van der Waals surface area contributed by atoms with Crippen LogP contribution in [0.1, 0.15) is 18.9 Å². The van der Waals surface area contributed by atoms with Crippen molar-refractivity contribution >= 4 is 17.3 Å². The third-order valence-corrected chi connectivity index (χ3v) is 2.95. The zero-order valence-electron chi connectivity index (χ0n) is 10.3. The number of nitro benzene ring substituents is 1. The minimum absolute atomic E-state index is 0.00653. The smallest absolute Gasteiger partial charge is 0.270 e. The molecule has 0 spiro atoms. The predicted molar refractivity (Wildman–Crippen MR) is 70.8 cm³/mol. The molecule has 1 N–H and O–H groups in total. The largest absolute Gasteiger partial charge is 0.395 e. The average molecular weight is 273 g/mol. The number of rotatable bonds is 7. The SMILES string of the molecule is CCCN(CCO)Cc1ccc([N+](=O)[O-])cc1Cl. The van der Waals surface area contributed by atoms with Crippen LogP contribution in [0.15, 0.2) is 18.2 Å². The van der Waals surface area contributed by atoms with Crippen molar-refractivity contribution < 1.29 is 10.0 Å².